The van der Waals surface area contributed by atoms with Gasteiger partial charge in [-0.15, -0.1) is 11.3 Å². The molecule has 0 fully saturated rings. The summed E-state index contributed by atoms with van der Waals surface area (Å²) in [7, 11) is 0. The third kappa shape index (κ3) is 2.61. The van der Waals surface area contributed by atoms with Gasteiger partial charge in [-0.05, 0) is 43.0 Å². The van der Waals surface area contributed by atoms with Crippen molar-refractivity contribution in [3.05, 3.63) is 59.8 Å². The predicted octanol–water partition coefficient (Wildman–Crippen LogP) is 4.56. The lowest BCUT2D eigenvalue weighted by Gasteiger charge is -2.09. The van der Waals surface area contributed by atoms with Crippen molar-refractivity contribution >= 4 is 21.6 Å². The van der Waals surface area contributed by atoms with E-state index in [1.54, 1.807) is 17.7 Å². The molecule has 0 amide bonds. The summed E-state index contributed by atoms with van der Waals surface area (Å²) in [5.74, 6) is 1.32. The Balaban J connectivity index is 1.66. The number of hydrogen-bond acceptors (Lipinski definition) is 6. The van der Waals surface area contributed by atoms with Crippen LogP contribution in [0, 0.1) is 13.8 Å². The molecule has 0 radical (unpaired) electrons. The lowest BCUT2D eigenvalue weighted by Crippen LogP contribution is -1.95. The molecule has 0 saturated carbocycles. The first-order valence-electron chi connectivity index (χ1n) is 7.47. The molecule has 0 unspecified atom stereocenters. The molecule has 0 N–H and O–H groups in total. The van der Waals surface area contributed by atoms with Gasteiger partial charge in [0.2, 0.25) is 5.88 Å². The minimum absolute atomic E-state index is 0.582. The highest BCUT2D eigenvalue weighted by atomic mass is 32.1. The molecule has 4 aromatic rings. The predicted molar refractivity (Wildman–Crippen MR) is 94.4 cm³/mol. The van der Waals surface area contributed by atoms with Crippen LogP contribution < -0.4 is 4.74 Å². The van der Waals surface area contributed by atoms with Crippen LogP contribution >= 0.6 is 11.3 Å². The molecule has 118 valence electrons. The fraction of sp³-hybridized carbons (Fsp3) is 0.111. The number of benzene rings is 1. The average Bonchev–Trinajstić information content (AvgIpc) is 3.06. The van der Waals surface area contributed by atoms with E-state index in [1.165, 1.54) is 6.33 Å². The Labute approximate surface area is 143 Å². The van der Waals surface area contributed by atoms with Crippen LogP contribution in [0.25, 0.3) is 21.3 Å². The van der Waals surface area contributed by atoms with Gasteiger partial charge in [0.1, 0.15) is 23.1 Å². The summed E-state index contributed by atoms with van der Waals surface area (Å²) in [5, 5.41) is 1.98. The zero-order valence-corrected chi connectivity index (χ0v) is 14.0. The topological polar surface area (TPSA) is 60.8 Å². The average molecular weight is 334 g/mol. The van der Waals surface area contributed by atoms with Crippen LogP contribution in [0.4, 0.5) is 0 Å². The molecule has 3 heterocycles. The lowest BCUT2D eigenvalue weighted by molar-refractivity contribution is 0.469. The van der Waals surface area contributed by atoms with Gasteiger partial charge in [0, 0.05) is 17.0 Å². The fourth-order valence-electron chi connectivity index (χ4n) is 2.65. The van der Waals surface area contributed by atoms with Crippen molar-refractivity contribution in [3.63, 3.8) is 0 Å². The molecule has 0 spiro atoms. The molecule has 24 heavy (non-hydrogen) atoms. The number of fused-ring (bicyclic) bond motifs is 1. The monoisotopic (exact) mass is 334 g/mol. The molecule has 0 bridgehead atoms. The van der Waals surface area contributed by atoms with E-state index in [0.717, 1.165) is 38.5 Å². The number of thiophene rings is 1. The van der Waals surface area contributed by atoms with E-state index >= 15 is 0 Å². The van der Waals surface area contributed by atoms with E-state index in [-0.39, 0.29) is 0 Å². The van der Waals surface area contributed by atoms with E-state index in [2.05, 4.69) is 19.9 Å². The number of rotatable bonds is 3. The van der Waals surface area contributed by atoms with Crippen LogP contribution in [0.5, 0.6) is 11.6 Å². The standard InChI is InChI=1S/C18H14N4OS/c1-11-16(12(2)20-9-19-11)13-3-5-14(6-4-13)23-18-17-15(7-8-24-17)21-10-22-18/h3-10H,1-2H3. The van der Waals surface area contributed by atoms with Gasteiger partial charge in [-0.25, -0.2) is 19.9 Å². The molecule has 3 aromatic heterocycles. The van der Waals surface area contributed by atoms with Gasteiger partial charge >= 0.3 is 0 Å². The Morgan fingerprint density at radius 1 is 0.833 bits per heavy atom. The third-order valence-electron chi connectivity index (χ3n) is 3.79. The van der Waals surface area contributed by atoms with Crippen LogP contribution in [0.1, 0.15) is 11.4 Å². The van der Waals surface area contributed by atoms with Gasteiger partial charge < -0.3 is 4.74 Å². The maximum atomic E-state index is 5.93. The van der Waals surface area contributed by atoms with Crippen molar-refractivity contribution in [2.45, 2.75) is 13.8 Å². The Morgan fingerprint density at radius 3 is 2.29 bits per heavy atom. The summed E-state index contributed by atoms with van der Waals surface area (Å²) in [4.78, 5) is 17.0. The summed E-state index contributed by atoms with van der Waals surface area (Å²) in [6, 6.07) is 9.85. The maximum Gasteiger partial charge on any atom is 0.240 e. The zero-order chi connectivity index (χ0) is 16.5. The van der Waals surface area contributed by atoms with Gasteiger partial charge in [-0.3, -0.25) is 0 Å². The van der Waals surface area contributed by atoms with Gasteiger partial charge in [0.25, 0.3) is 0 Å². The molecular formula is C18H14N4OS. The van der Waals surface area contributed by atoms with Crippen molar-refractivity contribution in [2.75, 3.05) is 0 Å². The van der Waals surface area contributed by atoms with Gasteiger partial charge in [0.05, 0.1) is 5.52 Å². The number of hydrogen-bond donors (Lipinski definition) is 0. The fourth-order valence-corrected chi connectivity index (χ4v) is 3.42. The largest absolute Gasteiger partial charge is 0.437 e. The Morgan fingerprint density at radius 2 is 1.54 bits per heavy atom. The summed E-state index contributed by atoms with van der Waals surface area (Å²) < 4.78 is 6.88. The van der Waals surface area contributed by atoms with Crippen molar-refractivity contribution in [2.24, 2.45) is 0 Å². The Kier molecular flexibility index (Phi) is 3.66. The SMILES string of the molecule is Cc1ncnc(C)c1-c1ccc(Oc2ncnc3ccsc23)cc1. The van der Waals surface area contributed by atoms with Crippen molar-refractivity contribution in [3.8, 4) is 22.8 Å². The van der Waals surface area contributed by atoms with Crippen LogP contribution in [-0.4, -0.2) is 19.9 Å². The van der Waals surface area contributed by atoms with Gasteiger partial charge in [-0.2, -0.15) is 0 Å². The zero-order valence-electron chi connectivity index (χ0n) is 13.2. The van der Waals surface area contributed by atoms with E-state index in [4.69, 9.17) is 4.74 Å². The van der Waals surface area contributed by atoms with Gasteiger partial charge in [0.15, 0.2) is 0 Å². The molecule has 0 aliphatic heterocycles. The first kappa shape index (κ1) is 14.7. The molecule has 0 saturated heterocycles. The van der Waals surface area contributed by atoms with E-state index in [0.29, 0.717) is 5.88 Å². The number of nitrogens with zero attached hydrogens (tertiary/aromatic N) is 4. The second-order valence-corrected chi connectivity index (χ2v) is 6.28. The van der Waals surface area contributed by atoms with E-state index in [1.807, 2.05) is 49.6 Å². The molecule has 1 aromatic carbocycles. The summed E-state index contributed by atoms with van der Waals surface area (Å²) in [5.41, 5.74) is 4.96. The van der Waals surface area contributed by atoms with E-state index in [9.17, 15) is 0 Å². The molecule has 0 atom stereocenters. The second-order valence-electron chi connectivity index (χ2n) is 5.36. The molecule has 6 heteroatoms. The third-order valence-corrected chi connectivity index (χ3v) is 4.69. The Hall–Kier alpha value is -2.86. The highest BCUT2D eigenvalue weighted by Crippen LogP contribution is 2.32. The van der Waals surface area contributed by atoms with Crippen molar-refractivity contribution in [1.82, 2.24) is 19.9 Å². The van der Waals surface area contributed by atoms with Crippen LogP contribution in [0.2, 0.25) is 0 Å². The Bertz CT molecular complexity index is 991. The number of ether oxygens (including phenoxy) is 1. The molecule has 0 aliphatic carbocycles. The van der Waals surface area contributed by atoms with E-state index < -0.39 is 0 Å². The summed E-state index contributed by atoms with van der Waals surface area (Å²) in [6.07, 6.45) is 3.11. The molecule has 0 aliphatic rings. The highest BCUT2D eigenvalue weighted by Gasteiger charge is 2.10. The highest BCUT2D eigenvalue weighted by molar-refractivity contribution is 7.17. The first-order valence-corrected chi connectivity index (χ1v) is 8.35. The number of aromatic nitrogens is 4. The lowest BCUT2D eigenvalue weighted by atomic mass is 10.0. The molecular weight excluding hydrogens is 320 g/mol. The van der Waals surface area contributed by atoms with Gasteiger partial charge in [-0.1, -0.05) is 12.1 Å². The first-order chi connectivity index (χ1) is 11.7. The molecule has 5 nitrogen and oxygen atoms in total. The van der Waals surface area contributed by atoms with Crippen molar-refractivity contribution in [1.29, 1.82) is 0 Å². The number of aryl methyl sites for hydroxylation is 2. The second kappa shape index (κ2) is 5.98. The van der Waals surface area contributed by atoms with Crippen LogP contribution in [0.3, 0.4) is 0 Å². The maximum absolute atomic E-state index is 5.93. The summed E-state index contributed by atoms with van der Waals surface area (Å²) >= 11 is 1.57. The smallest absolute Gasteiger partial charge is 0.240 e. The van der Waals surface area contributed by atoms with Crippen LogP contribution in [-0.2, 0) is 0 Å². The van der Waals surface area contributed by atoms with Crippen LogP contribution in [0.15, 0.2) is 48.4 Å². The normalized spacial score (nSPS) is 10.9. The minimum Gasteiger partial charge on any atom is -0.437 e. The minimum atomic E-state index is 0.582. The quantitative estimate of drug-likeness (QED) is 0.550. The molecule has 4 rings (SSSR count). The summed E-state index contributed by atoms with van der Waals surface area (Å²) in [6.45, 7) is 3.98. The van der Waals surface area contributed by atoms with Crippen molar-refractivity contribution < 1.29 is 4.74 Å².